The van der Waals surface area contributed by atoms with E-state index in [1.165, 1.54) is 111 Å². The lowest BCUT2D eigenvalue weighted by atomic mass is 9.87. The first kappa shape index (κ1) is 32.9. The van der Waals surface area contributed by atoms with Gasteiger partial charge in [0.15, 0.2) is 0 Å². The Kier molecular flexibility index (Phi) is 7.46. The third-order valence-electron chi connectivity index (χ3n) is 12.8. The molecule has 0 aliphatic heterocycles. The van der Waals surface area contributed by atoms with Gasteiger partial charge in [-0.1, -0.05) is 194 Å². The smallest absolute Gasteiger partial charge is 0.0352 e. The highest BCUT2D eigenvalue weighted by atomic mass is 14.4. The molecule has 0 nitrogen and oxygen atoms in total. The Hall–Kier alpha value is -7.28. The van der Waals surface area contributed by atoms with Gasteiger partial charge in [0.05, 0.1) is 0 Å². The molecule has 2 aliphatic carbocycles. The number of rotatable bonds is 5. The zero-order valence-electron chi connectivity index (χ0n) is 31.9. The summed E-state index contributed by atoms with van der Waals surface area (Å²) in [5.74, 6) is 0.395. The SMILES string of the molecule is c1ccc(-c2cc(-c3ccc(C4c5ccccc5-c5cc(-c6ccc7c(c6)-c6c(ccc8ccccc68)C7c6ccccc6)ccc54)cc3)cc3ccccc23)cc1. The van der Waals surface area contributed by atoms with Crippen molar-refractivity contribution in [1.82, 2.24) is 0 Å². The summed E-state index contributed by atoms with van der Waals surface area (Å²) < 4.78 is 0. The Labute approximate surface area is 339 Å². The third kappa shape index (κ3) is 5.15. The molecule has 10 aromatic carbocycles. The molecule has 0 heterocycles. The molecule has 2 atom stereocenters. The van der Waals surface area contributed by atoms with Crippen LogP contribution in [0.25, 0.3) is 77.2 Å². The highest BCUT2D eigenvalue weighted by Gasteiger charge is 2.33. The van der Waals surface area contributed by atoms with Gasteiger partial charge in [0, 0.05) is 11.8 Å². The molecule has 0 fully saturated rings. The molecule has 0 aromatic heterocycles. The van der Waals surface area contributed by atoms with Crippen LogP contribution in [0.1, 0.15) is 45.2 Å². The fraction of sp³-hybridized carbons (Fsp3) is 0.0345. The Morgan fingerprint density at radius 1 is 0.241 bits per heavy atom. The van der Waals surface area contributed by atoms with Gasteiger partial charge < -0.3 is 0 Å². The predicted octanol–water partition coefficient (Wildman–Crippen LogP) is 15.3. The summed E-state index contributed by atoms with van der Waals surface area (Å²) in [4.78, 5) is 0. The molecule has 0 amide bonds. The van der Waals surface area contributed by atoms with Crippen LogP contribution in [0, 0.1) is 0 Å². The van der Waals surface area contributed by atoms with Gasteiger partial charge >= 0.3 is 0 Å². The van der Waals surface area contributed by atoms with Crippen molar-refractivity contribution in [2.75, 3.05) is 0 Å². The normalized spacial score (nSPS) is 14.9. The fourth-order valence-electron chi connectivity index (χ4n) is 10.1. The number of benzene rings is 10. The second-order valence-corrected chi connectivity index (χ2v) is 16.0. The largest absolute Gasteiger partial charge is 0.0622 e. The van der Waals surface area contributed by atoms with Gasteiger partial charge in [0.1, 0.15) is 0 Å². The van der Waals surface area contributed by atoms with Crippen molar-refractivity contribution in [3.63, 3.8) is 0 Å². The molecule has 12 rings (SSSR count). The quantitative estimate of drug-likeness (QED) is 0.165. The van der Waals surface area contributed by atoms with Gasteiger partial charge in [-0.15, -0.1) is 0 Å². The summed E-state index contributed by atoms with van der Waals surface area (Å²) in [5, 5.41) is 5.15. The van der Waals surface area contributed by atoms with Crippen LogP contribution in [0.2, 0.25) is 0 Å². The predicted molar refractivity (Wildman–Crippen MR) is 243 cm³/mol. The van der Waals surface area contributed by atoms with Crippen molar-refractivity contribution < 1.29 is 0 Å². The van der Waals surface area contributed by atoms with E-state index in [-0.39, 0.29) is 11.8 Å². The molecule has 0 bridgehead atoms. The van der Waals surface area contributed by atoms with E-state index in [1.54, 1.807) is 0 Å². The minimum absolute atomic E-state index is 0.177. The Bertz CT molecular complexity index is 3210. The lowest BCUT2D eigenvalue weighted by molar-refractivity contribution is 1.01. The second-order valence-electron chi connectivity index (χ2n) is 16.0. The second kappa shape index (κ2) is 13.2. The van der Waals surface area contributed by atoms with Crippen molar-refractivity contribution in [2.45, 2.75) is 11.8 Å². The summed E-state index contributed by atoms with van der Waals surface area (Å²) in [6.07, 6.45) is 0. The van der Waals surface area contributed by atoms with Crippen molar-refractivity contribution in [3.8, 4) is 55.6 Å². The van der Waals surface area contributed by atoms with E-state index >= 15 is 0 Å². The average molecular weight is 735 g/mol. The zero-order chi connectivity index (χ0) is 38.2. The first-order chi connectivity index (χ1) is 28.8. The van der Waals surface area contributed by atoms with Crippen molar-refractivity contribution in [1.29, 1.82) is 0 Å². The van der Waals surface area contributed by atoms with Crippen molar-refractivity contribution >= 4 is 21.5 Å². The first-order valence-electron chi connectivity index (χ1n) is 20.4. The average Bonchev–Trinajstić information content (AvgIpc) is 3.82. The summed E-state index contributed by atoms with van der Waals surface area (Å²) in [5.41, 5.74) is 21.1. The Morgan fingerprint density at radius 2 is 0.776 bits per heavy atom. The van der Waals surface area contributed by atoms with Gasteiger partial charge in [-0.2, -0.15) is 0 Å². The van der Waals surface area contributed by atoms with Crippen LogP contribution in [0.3, 0.4) is 0 Å². The van der Waals surface area contributed by atoms with Gasteiger partial charge in [-0.25, -0.2) is 0 Å². The molecule has 2 aliphatic rings. The standard InChI is InChI=1S/C58H38/c1-3-13-38(14-4-1)53-36-45(33-44-18-8-9-19-46(44)53)37-23-25-41(26-24-37)56-49-22-12-11-21-48(49)54-34-42(28-30-50(54)56)43-29-31-51-55(35-43)58-47-20-10-7-15-39(47)27-32-52(58)57(51)40-16-5-2-6-17-40/h1-36,56-57H. The molecule has 0 radical (unpaired) electrons. The highest BCUT2D eigenvalue weighted by Crippen LogP contribution is 2.53. The van der Waals surface area contributed by atoms with Gasteiger partial charge in [-0.05, 0) is 135 Å². The summed E-state index contributed by atoms with van der Waals surface area (Å²) in [6, 6.07) is 81.4. The Morgan fingerprint density at radius 3 is 1.57 bits per heavy atom. The molecule has 0 saturated heterocycles. The van der Waals surface area contributed by atoms with E-state index < -0.39 is 0 Å². The molecule has 270 valence electrons. The monoisotopic (exact) mass is 734 g/mol. The minimum Gasteiger partial charge on any atom is -0.0622 e. The van der Waals surface area contributed by atoms with E-state index in [4.69, 9.17) is 0 Å². The lowest BCUT2D eigenvalue weighted by Gasteiger charge is -2.16. The summed E-state index contributed by atoms with van der Waals surface area (Å²) >= 11 is 0. The lowest BCUT2D eigenvalue weighted by Crippen LogP contribution is -1.99. The van der Waals surface area contributed by atoms with Gasteiger partial charge in [0.2, 0.25) is 0 Å². The number of fused-ring (bicyclic) bond motifs is 9. The van der Waals surface area contributed by atoms with Crippen molar-refractivity contribution in [2.24, 2.45) is 0 Å². The first-order valence-corrected chi connectivity index (χ1v) is 20.4. The fourth-order valence-corrected chi connectivity index (χ4v) is 10.1. The van der Waals surface area contributed by atoms with E-state index in [0.29, 0.717) is 0 Å². The van der Waals surface area contributed by atoms with Crippen LogP contribution < -0.4 is 0 Å². The number of hydrogen-bond donors (Lipinski definition) is 0. The van der Waals surface area contributed by atoms with Crippen LogP contribution in [-0.4, -0.2) is 0 Å². The van der Waals surface area contributed by atoms with Gasteiger partial charge in [0.25, 0.3) is 0 Å². The zero-order valence-corrected chi connectivity index (χ0v) is 31.9. The maximum atomic E-state index is 2.46. The maximum Gasteiger partial charge on any atom is 0.0352 e. The van der Waals surface area contributed by atoms with Crippen LogP contribution in [0.5, 0.6) is 0 Å². The summed E-state index contributed by atoms with van der Waals surface area (Å²) in [7, 11) is 0. The van der Waals surface area contributed by atoms with E-state index in [1.807, 2.05) is 0 Å². The molecule has 2 unspecified atom stereocenters. The van der Waals surface area contributed by atoms with E-state index in [2.05, 4.69) is 218 Å². The molecule has 0 saturated carbocycles. The molecule has 58 heavy (non-hydrogen) atoms. The van der Waals surface area contributed by atoms with Gasteiger partial charge in [-0.3, -0.25) is 0 Å². The molecular weight excluding hydrogens is 697 g/mol. The highest BCUT2D eigenvalue weighted by molar-refractivity contribution is 6.03. The minimum atomic E-state index is 0.177. The molecule has 0 heteroatoms. The van der Waals surface area contributed by atoms with E-state index in [9.17, 15) is 0 Å². The molecule has 0 spiro atoms. The van der Waals surface area contributed by atoms with Crippen LogP contribution in [-0.2, 0) is 0 Å². The topological polar surface area (TPSA) is 0 Å². The van der Waals surface area contributed by atoms with Crippen LogP contribution >= 0.6 is 0 Å². The molecule has 10 aromatic rings. The van der Waals surface area contributed by atoms with E-state index in [0.717, 1.165) is 0 Å². The maximum absolute atomic E-state index is 2.46. The van der Waals surface area contributed by atoms with Crippen molar-refractivity contribution in [3.05, 3.63) is 252 Å². The molecular formula is C58H38. The van der Waals surface area contributed by atoms with Crippen LogP contribution in [0.15, 0.2) is 218 Å². The third-order valence-corrected chi connectivity index (χ3v) is 12.8. The molecule has 0 N–H and O–H groups in total. The summed E-state index contributed by atoms with van der Waals surface area (Å²) in [6.45, 7) is 0. The number of hydrogen-bond acceptors (Lipinski definition) is 0. The Balaban J connectivity index is 0.936. The van der Waals surface area contributed by atoms with Crippen LogP contribution in [0.4, 0.5) is 0 Å².